The molecular weight excluding hydrogens is 273 g/mol. The second-order valence-corrected chi connectivity index (χ2v) is 4.75. The molecular formula is C5H3F7O3S. The highest BCUT2D eigenvalue weighted by molar-refractivity contribution is 7.89. The van der Waals surface area contributed by atoms with Gasteiger partial charge in [0, 0.05) is 6.92 Å². The van der Waals surface area contributed by atoms with Gasteiger partial charge in [0.05, 0.1) is 0 Å². The molecule has 0 aromatic carbocycles. The molecule has 3 nitrogen and oxygen atoms in total. The summed E-state index contributed by atoms with van der Waals surface area (Å²) in [6.07, 6.45) is -5.53. The third-order valence-electron chi connectivity index (χ3n) is 1.89. The lowest BCUT2D eigenvalue weighted by atomic mass is 10.1. The topological polar surface area (TPSA) is 43.4 Å². The minimum Gasteiger partial charge on any atom is -0.206 e. The quantitative estimate of drug-likeness (QED) is 0.571. The third kappa shape index (κ3) is 1.21. The molecule has 0 spiro atoms. The van der Waals surface area contributed by atoms with E-state index in [2.05, 4.69) is 4.18 Å². The Bertz CT molecular complexity index is 410. The lowest BCUT2D eigenvalue weighted by molar-refractivity contribution is -0.363. The molecule has 96 valence electrons. The van der Waals surface area contributed by atoms with Crippen molar-refractivity contribution >= 4 is 10.1 Å². The van der Waals surface area contributed by atoms with Crippen LogP contribution in [0.2, 0.25) is 0 Å². The number of rotatable bonds is 2. The highest BCUT2D eigenvalue weighted by atomic mass is 32.2. The molecule has 16 heavy (non-hydrogen) atoms. The minimum absolute atomic E-state index is 0.585. The molecule has 1 atom stereocenters. The summed E-state index contributed by atoms with van der Waals surface area (Å²) in [6.45, 7) is -0.585. The van der Waals surface area contributed by atoms with E-state index in [0.29, 0.717) is 0 Å². The van der Waals surface area contributed by atoms with Gasteiger partial charge in [-0.1, -0.05) is 0 Å². The van der Waals surface area contributed by atoms with Crippen molar-refractivity contribution in [3.8, 4) is 0 Å². The molecule has 0 aromatic rings. The molecule has 0 amide bonds. The summed E-state index contributed by atoms with van der Waals surface area (Å²) in [4.78, 5) is 0. The summed E-state index contributed by atoms with van der Waals surface area (Å²) >= 11 is 0. The molecule has 0 aromatic heterocycles. The average Bonchev–Trinajstić information content (AvgIpc) is 1.97. The molecule has 1 fully saturated rings. The van der Waals surface area contributed by atoms with E-state index in [0.717, 1.165) is 0 Å². The van der Waals surface area contributed by atoms with E-state index in [9.17, 15) is 39.2 Å². The van der Waals surface area contributed by atoms with Gasteiger partial charge in [-0.3, -0.25) is 0 Å². The molecule has 0 N–H and O–H groups in total. The van der Waals surface area contributed by atoms with E-state index < -0.39 is 40.0 Å². The molecule has 1 rings (SSSR count). The molecule has 0 bridgehead atoms. The Morgan fingerprint density at radius 1 is 1.06 bits per heavy atom. The monoisotopic (exact) mass is 276 g/mol. The van der Waals surface area contributed by atoms with Crippen molar-refractivity contribution in [2.24, 2.45) is 0 Å². The van der Waals surface area contributed by atoms with Crippen molar-refractivity contribution in [1.29, 1.82) is 0 Å². The van der Waals surface area contributed by atoms with Crippen molar-refractivity contribution in [2.75, 3.05) is 0 Å². The van der Waals surface area contributed by atoms with E-state index in [1.54, 1.807) is 0 Å². The van der Waals surface area contributed by atoms with Crippen LogP contribution in [0.3, 0.4) is 0 Å². The molecule has 1 aliphatic rings. The summed E-state index contributed by atoms with van der Waals surface area (Å²) in [5.74, 6) is -11.4. The van der Waals surface area contributed by atoms with Gasteiger partial charge in [0.25, 0.3) is 0 Å². The summed E-state index contributed by atoms with van der Waals surface area (Å²) in [5, 5.41) is -5.77. The van der Waals surface area contributed by atoms with Gasteiger partial charge in [0.1, 0.15) is 0 Å². The van der Waals surface area contributed by atoms with Crippen LogP contribution < -0.4 is 0 Å². The second-order valence-electron chi connectivity index (χ2n) is 3.11. The van der Waals surface area contributed by atoms with Gasteiger partial charge in [0.15, 0.2) is 0 Å². The predicted molar refractivity (Wildman–Crippen MR) is 34.4 cm³/mol. The van der Waals surface area contributed by atoms with Crippen LogP contribution in [0.5, 0.6) is 0 Å². The number of hydrogen-bond donors (Lipinski definition) is 0. The Morgan fingerprint density at radius 2 is 1.44 bits per heavy atom. The van der Waals surface area contributed by atoms with Gasteiger partial charge in [0.2, 0.25) is 0 Å². The Labute approximate surface area is 84.3 Å². The molecule has 1 saturated heterocycles. The summed E-state index contributed by atoms with van der Waals surface area (Å²) in [7, 11) is -6.12. The van der Waals surface area contributed by atoms with Gasteiger partial charge in [-0.25, -0.2) is 13.2 Å². The number of halogens is 7. The van der Waals surface area contributed by atoms with Crippen LogP contribution in [0.1, 0.15) is 6.92 Å². The first-order valence-corrected chi connectivity index (χ1v) is 4.89. The zero-order valence-electron chi connectivity index (χ0n) is 7.28. The molecule has 0 aliphatic carbocycles. The van der Waals surface area contributed by atoms with E-state index in [1.807, 2.05) is 0 Å². The summed E-state index contributed by atoms with van der Waals surface area (Å²) in [6, 6.07) is 0. The third-order valence-corrected chi connectivity index (χ3v) is 3.50. The van der Waals surface area contributed by atoms with Gasteiger partial charge in [-0.2, -0.15) is 30.2 Å². The predicted octanol–water partition coefficient (Wildman–Crippen LogP) is 1.90. The van der Waals surface area contributed by atoms with E-state index >= 15 is 0 Å². The SMILES string of the molecule is CC(F)(F)C(F)(F)C1(F)C(F)(F)OS1(=O)=O. The van der Waals surface area contributed by atoms with Crippen LogP contribution in [0.25, 0.3) is 0 Å². The maximum atomic E-state index is 13.0. The van der Waals surface area contributed by atoms with Crippen LogP contribution in [-0.4, -0.2) is 31.4 Å². The van der Waals surface area contributed by atoms with Crippen LogP contribution in [-0.2, 0) is 14.3 Å². The van der Waals surface area contributed by atoms with Gasteiger partial charge in [-0.05, 0) is 0 Å². The molecule has 11 heteroatoms. The zero-order chi connectivity index (χ0) is 13.2. The zero-order valence-corrected chi connectivity index (χ0v) is 8.10. The average molecular weight is 276 g/mol. The molecule has 0 saturated carbocycles. The standard InChI is InChI=1S/C5H3F7O3S/c1-2(6,7)3(8,9)4(10)5(11,12)15-16(4,13)14/h1H3. The molecule has 1 unspecified atom stereocenters. The van der Waals surface area contributed by atoms with Crippen LogP contribution in [0.4, 0.5) is 30.7 Å². The Morgan fingerprint density at radius 3 is 1.56 bits per heavy atom. The second kappa shape index (κ2) is 2.81. The normalized spacial score (nSPS) is 33.2. The smallest absolute Gasteiger partial charge is 0.206 e. The highest BCUT2D eigenvalue weighted by Gasteiger charge is 2.93. The van der Waals surface area contributed by atoms with Crippen LogP contribution in [0, 0.1) is 0 Å². The fourth-order valence-corrected chi connectivity index (χ4v) is 2.20. The number of hydrogen-bond acceptors (Lipinski definition) is 3. The van der Waals surface area contributed by atoms with Crippen LogP contribution in [0.15, 0.2) is 0 Å². The minimum atomic E-state index is -6.12. The molecule has 1 aliphatic heterocycles. The lowest BCUT2D eigenvalue weighted by Crippen LogP contribution is -2.76. The first-order chi connectivity index (χ1) is 6.71. The van der Waals surface area contributed by atoms with Crippen molar-refractivity contribution in [3.05, 3.63) is 0 Å². The van der Waals surface area contributed by atoms with Crippen molar-refractivity contribution in [2.45, 2.75) is 29.9 Å². The Hall–Kier alpha value is -0.580. The van der Waals surface area contributed by atoms with E-state index in [-0.39, 0.29) is 0 Å². The summed E-state index contributed by atoms with van der Waals surface area (Å²) in [5.41, 5.74) is 0. The fraction of sp³-hybridized carbons (Fsp3) is 1.00. The Balaban J connectivity index is 3.42. The first-order valence-electron chi connectivity index (χ1n) is 3.48. The number of alkyl halides is 7. The summed E-state index contributed by atoms with van der Waals surface area (Å²) < 4.78 is 111. The molecule has 0 radical (unpaired) electrons. The van der Waals surface area contributed by atoms with E-state index in [1.165, 1.54) is 0 Å². The Kier molecular flexibility index (Phi) is 2.37. The fourth-order valence-electron chi connectivity index (χ4n) is 0.982. The van der Waals surface area contributed by atoms with Gasteiger partial charge in [-0.15, -0.1) is 0 Å². The van der Waals surface area contributed by atoms with Crippen molar-refractivity contribution < 1.29 is 43.3 Å². The first kappa shape index (κ1) is 13.5. The molecule has 1 heterocycles. The van der Waals surface area contributed by atoms with Gasteiger partial charge >= 0.3 is 33.1 Å². The largest absolute Gasteiger partial charge is 0.427 e. The maximum Gasteiger partial charge on any atom is 0.427 e. The van der Waals surface area contributed by atoms with E-state index in [4.69, 9.17) is 0 Å². The van der Waals surface area contributed by atoms with Crippen molar-refractivity contribution in [3.63, 3.8) is 0 Å². The van der Waals surface area contributed by atoms with Gasteiger partial charge < -0.3 is 0 Å². The van der Waals surface area contributed by atoms with Crippen LogP contribution >= 0.6 is 0 Å². The van der Waals surface area contributed by atoms with Crippen molar-refractivity contribution in [1.82, 2.24) is 0 Å². The highest BCUT2D eigenvalue weighted by Crippen LogP contribution is 2.61. The maximum absolute atomic E-state index is 13.0. The lowest BCUT2D eigenvalue weighted by Gasteiger charge is -2.44.